The number of imidazole rings is 1. The van der Waals surface area contributed by atoms with E-state index in [9.17, 15) is 0 Å². The monoisotopic (exact) mass is 308 g/mol. The van der Waals surface area contributed by atoms with Crippen LogP contribution in [0.15, 0.2) is 36.8 Å². The second-order valence-corrected chi connectivity index (χ2v) is 8.07. The van der Waals surface area contributed by atoms with Gasteiger partial charge < -0.3 is 0 Å². The number of rotatable bonds is 1. The zero-order valence-electron chi connectivity index (χ0n) is 14.8. The molecule has 2 heterocycles. The van der Waals surface area contributed by atoms with Crippen molar-refractivity contribution in [3.05, 3.63) is 48.2 Å². The molecule has 4 heteroatoms. The van der Waals surface area contributed by atoms with Crippen LogP contribution in [0.5, 0.6) is 0 Å². The van der Waals surface area contributed by atoms with Crippen molar-refractivity contribution in [3.8, 4) is 5.69 Å². The number of aromatic nitrogens is 4. The van der Waals surface area contributed by atoms with Gasteiger partial charge in [-0.25, -0.2) is 15.0 Å². The normalized spacial score (nSPS) is 12.8. The van der Waals surface area contributed by atoms with Gasteiger partial charge in [0.25, 0.3) is 0 Å². The minimum Gasteiger partial charge on any atom is -0.283 e. The molecule has 4 nitrogen and oxygen atoms in total. The van der Waals surface area contributed by atoms with E-state index in [1.165, 1.54) is 5.56 Å². The quantitative estimate of drug-likeness (QED) is 0.669. The van der Waals surface area contributed by atoms with Gasteiger partial charge in [0.15, 0.2) is 5.65 Å². The standard InChI is InChI=1S/C19H24N4/c1-18(2,3)13-8-7-9-14(10-13)23-12-21-15-11-20-17(19(4,5)6)22-16(15)23/h7-12H,1-6H3. The zero-order valence-corrected chi connectivity index (χ0v) is 14.8. The van der Waals surface area contributed by atoms with Gasteiger partial charge in [0.05, 0.1) is 6.20 Å². The van der Waals surface area contributed by atoms with Gasteiger partial charge in [0.2, 0.25) is 0 Å². The molecule has 0 unspecified atom stereocenters. The average molecular weight is 308 g/mol. The van der Waals surface area contributed by atoms with Gasteiger partial charge in [-0.05, 0) is 23.1 Å². The SMILES string of the molecule is CC(C)(C)c1cccc(-n2cnc3cnc(C(C)(C)C)nc32)c1. The maximum atomic E-state index is 4.76. The highest BCUT2D eigenvalue weighted by atomic mass is 15.1. The molecule has 0 aliphatic carbocycles. The molecule has 0 bridgehead atoms. The highest BCUT2D eigenvalue weighted by molar-refractivity contribution is 5.72. The third-order valence-electron chi connectivity index (χ3n) is 3.95. The highest BCUT2D eigenvalue weighted by Gasteiger charge is 2.20. The lowest BCUT2D eigenvalue weighted by Crippen LogP contribution is -2.16. The van der Waals surface area contributed by atoms with Crippen molar-refractivity contribution in [2.75, 3.05) is 0 Å². The Kier molecular flexibility index (Phi) is 3.51. The van der Waals surface area contributed by atoms with E-state index >= 15 is 0 Å². The fourth-order valence-corrected chi connectivity index (χ4v) is 2.48. The minimum absolute atomic E-state index is 0.0868. The molecule has 1 aromatic carbocycles. The maximum absolute atomic E-state index is 4.76. The Morgan fingerprint density at radius 2 is 1.65 bits per heavy atom. The summed E-state index contributed by atoms with van der Waals surface area (Å²) in [6, 6.07) is 8.56. The number of nitrogens with zero attached hydrogens (tertiary/aromatic N) is 4. The first-order chi connectivity index (χ1) is 10.7. The Labute approximate surface area is 137 Å². The first kappa shape index (κ1) is 15.7. The zero-order chi connectivity index (χ0) is 16.8. The van der Waals surface area contributed by atoms with Gasteiger partial charge in [-0.3, -0.25) is 4.57 Å². The van der Waals surface area contributed by atoms with Crippen molar-refractivity contribution < 1.29 is 0 Å². The Bertz CT molecular complexity index is 848. The molecule has 120 valence electrons. The van der Waals surface area contributed by atoms with Crippen molar-refractivity contribution >= 4 is 11.2 Å². The van der Waals surface area contributed by atoms with Crippen LogP contribution in [-0.2, 0) is 10.8 Å². The third-order valence-corrected chi connectivity index (χ3v) is 3.95. The summed E-state index contributed by atoms with van der Waals surface area (Å²) in [6.45, 7) is 13.0. The van der Waals surface area contributed by atoms with Crippen molar-refractivity contribution in [1.29, 1.82) is 0 Å². The van der Waals surface area contributed by atoms with Crippen LogP contribution in [0.25, 0.3) is 16.9 Å². The molecule has 0 aliphatic rings. The molecule has 3 aromatic rings. The Balaban J connectivity index is 2.17. The van der Waals surface area contributed by atoms with Crippen molar-refractivity contribution in [2.24, 2.45) is 0 Å². The molecule has 0 spiro atoms. The maximum Gasteiger partial charge on any atom is 0.168 e. The van der Waals surface area contributed by atoms with E-state index in [1.807, 2.05) is 17.1 Å². The Morgan fingerprint density at radius 1 is 0.913 bits per heavy atom. The second kappa shape index (κ2) is 5.15. The van der Waals surface area contributed by atoms with E-state index < -0.39 is 0 Å². The molecule has 3 rings (SSSR count). The van der Waals surface area contributed by atoms with Crippen LogP contribution < -0.4 is 0 Å². The van der Waals surface area contributed by atoms with E-state index in [4.69, 9.17) is 4.98 Å². The lowest BCUT2D eigenvalue weighted by Gasteiger charge is -2.20. The summed E-state index contributed by atoms with van der Waals surface area (Å²) in [5, 5.41) is 0. The molecule has 0 saturated heterocycles. The molecule has 0 aliphatic heterocycles. The summed E-state index contributed by atoms with van der Waals surface area (Å²) < 4.78 is 2.04. The van der Waals surface area contributed by atoms with Crippen LogP contribution >= 0.6 is 0 Å². The van der Waals surface area contributed by atoms with Gasteiger partial charge >= 0.3 is 0 Å². The predicted octanol–water partition coefficient (Wildman–Crippen LogP) is 4.41. The first-order valence-corrected chi connectivity index (χ1v) is 7.98. The summed E-state index contributed by atoms with van der Waals surface area (Å²) in [5.41, 5.74) is 4.07. The lowest BCUT2D eigenvalue weighted by molar-refractivity contribution is 0.547. The van der Waals surface area contributed by atoms with Gasteiger partial charge in [-0.2, -0.15) is 0 Å². The Hall–Kier alpha value is -2.23. The molecule has 0 saturated carbocycles. The lowest BCUT2D eigenvalue weighted by atomic mass is 9.87. The van der Waals surface area contributed by atoms with Crippen LogP contribution in [0.4, 0.5) is 0 Å². The van der Waals surface area contributed by atoms with E-state index in [0.29, 0.717) is 0 Å². The molecule has 2 aromatic heterocycles. The van der Waals surface area contributed by atoms with Gasteiger partial charge in [-0.1, -0.05) is 53.7 Å². The predicted molar refractivity (Wildman–Crippen MR) is 94.1 cm³/mol. The van der Waals surface area contributed by atoms with Crippen LogP contribution in [0.1, 0.15) is 52.9 Å². The molecule has 0 amide bonds. The van der Waals surface area contributed by atoms with Crippen LogP contribution in [0.3, 0.4) is 0 Å². The molecule has 0 radical (unpaired) electrons. The van der Waals surface area contributed by atoms with Crippen LogP contribution in [-0.4, -0.2) is 19.5 Å². The van der Waals surface area contributed by atoms with Gasteiger partial charge in [0, 0.05) is 11.1 Å². The average Bonchev–Trinajstić information content (AvgIpc) is 2.88. The number of hydrogen-bond acceptors (Lipinski definition) is 3. The first-order valence-electron chi connectivity index (χ1n) is 7.98. The fraction of sp³-hybridized carbons (Fsp3) is 0.421. The molecular weight excluding hydrogens is 284 g/mol. The third kappa shape index (κ3) is 2.98. The fourth-order valence-electron chi connectivity index (χ4n) is 2.48. The molecule has 0 N–H and O–H groups in total. The van der Waals surface area contributed by atoms with Crippen LogP contribution in [0, 0.1) is 0 Å². The molecular formula is C19H24N4. The summed E-state index contributed by atoms with van der Waals surface area (Å²) >= 11 is 0. The number of benzene rings is 1. The summed E-state index contributed by atoms with van der Waals surface area (Å²) in [4.78, 5) is 13.7. The number of fused-ring (bicyclic) bond motifs is 1. The van der Waals surface area contributed by atoms with Crippen molar-refractivity contribution in [3.63, 3.8) is 0 Å². The molecule has 0 fully saturated rings. The molecule has 23 heavy (non-hydrogen) atoms. The smallest absolute Gasteiger partial charge is 0.168 e. The number of hydrogen-bond donors (Lipinski definition) is 0. The molecule has 0 atom stereocenters. The van der Waals surface area contributed by atoms with Crippen molar-refractivity contribution in [1.82, 2.24) is 19.5 Å². The van der Waals surface area contributed by atoms with Crippen molar-refractivity contribution in [2.45, 2.75) is 52.4 Å². The summed E-state index contributed by atoms with van der Waals surface area (Å²) in [5.74, 6) is 0.832. The van der Waals surface area contributed by atoms with Crippen LogP contribution in [0.2, 0.25) is 0 Å². The topological polar surface area (TPSA) is 43.6 Å². The van der Waals surface area contributed by atoms with E-state index in [-0.39, 0.29) is 10.8 Å². The minimum atomic E-state index is -0.0868. The second-order valence-electron chi connectivity index (χ2n) is 8.07. The van der Waals surface area contributed by atoms with Gasteiger partial charge in [-0.15, -0.1) is 0 Å². The van der Waals surface area contributed by atoms with E-state index in [2.05, 4.69) is 75.8 Å². The summed E-state index contributed by atoms with van der Waals surface area (Å²) in [7, 11) is 0. The summed E-state index contributed by atoms with van der Waals surface area (Å²) in [6.07, 6.45) is 3.64. The highest BCUT2D eigenvalue weighted by Crippen LogP contribution is 2.26. The largest absolute Gasteiger partial charge is 0.283 e. The van der Waals surface area contributed by atoms with E-state index in [0.717, 1.165) is 22.7 Å². The van der Waals surface area contributed by atoms with Gasteiger partial charge in [0.1, 0.15) is 17.7 Å². The van der Waals surface area contributed by atoms with E-state index in [1.54, 1.807) is 0 Å². The Morgan fingerprint density at radius 3 is 2.30 bits per heavy atom.